The third-order valence-electron chi connectivity index (χ3n) is 4.25. The van der Waals surface area contributed by atoms with Crippen LogP contribution in [0.2, 0.25) is 0 Å². The molecule has 0 radical (unpaired) electrons. The molecule has 2 rings (SSSR count). The summed E-state index contributed by atoms with van der Waals surface area (Å²) >= 11 is 0. The fourth-order valence-electron chi connectivity index (χ4n) is 2.84. The van der Waals surface area contributed by atoms with Crippen LogP contribution in [0.3, 0.4) is 0 Å². The first kappa shape index (κ1) is 15.4. The molecule has 1 unspecified atom stereocenters. The largest absolute Gasteiger partial charge is 0.381 e. The lowest BCUT2D eigenvalue weighted by Gasteiger charge is -2.44. The molecule has 1 aliphatic carbocycles. The van der Waals surface area contributed by atoms with Crippen LogP contribution in [-0.4, -0.2) is 22.8 Å². The molecule has 3 heteroatoms. The van der Waals surface area contributed by atoms with Gasteiger partial charge in [-0.1, -0.05) is 44.2 Å². The number of hydrogen-bond donors (Lipinski definition) is 1. The molecule has 0 saturated heterocycles. The van der Waals surface area contributed by atoms with Gasteiger partial charge in [-0.05, 0) is 30.2 Å². The van der Waals surface area contributed by atoms with E-state index in [1.54, 1.807) is 31.2 Å². The zero-order valence-electron chi connectivity index (χ0n) is 12.6. The molecule has 1 atom stereocenters. The van der Waals surface area contributed by atoms with Crippen molar-refractivity contribution in [1.29, 1.82) is 0 Å². The summed E-state index contributed by atoms with van der Waals surface area (Å²) in [5.41, 5.74) is 0.167. The molecule has 1 aromatic carbocycles. The van der Waals surface area contributed by atoms with E-state index in [0.29, 0.717) is 17.6 Å². The molecule has 0 aliphatic heterocycles. The average Bonchev–Trinajstić information content (AvgIpc) is 2.42. The van der Waals surface area contributed by atoms with E-state index in [0.717, 1.165) is 11.8 Å². The van der Waals surface area contributed by atoms with Gasteiger partial charge in [0.2, 0.25) is 0 Å². The van der Waals surface area contributed by atoms with Crippen molar-refractivity contribution in [3.05, 3.63) is 53.1 Å². The third-order valence-corrected chi connectivity index (χ3v) is 4.25. The van der Waals surface area contributed by atoms with E-state index in [4.69, 9.17) is 0 Å². The first-order valence-corrected chi connectivity index (χ1v) is 6.97. The van der Waals surface area contributed by atoms with Crippen LogP contribution < -0.4 is 0 Å². The van der Waals surface area contributed by atoms with Crippen LogP contribution in [-0.2, 0) is 4.79 Å². The van der Waals surface area contributed by atoms with E-state index >= 15 is 0 Å². The number of hydrogen-bond acceptors (Lipinski definition) is 3. The molecule has 1 aromatic rings. The van der Waals surface area contributed by atoms with Crippen molar-refractivity contribution in [1.82, 2.24) is 0 Å². The molecular formula is C18H20O3. The van der Waals surface area contributed by atoms with Crippen LogP contribution in [0.5, 0.6) is 0 Å². The standard InChI is InChI=1S/C18H20O3/c1-13-10-16(20)11-17(2,3)18(13,21)9-8-14-6-4-5-7-15(14)12-19/h4-10,12,21H,11H2,1-3H3. The first-order valence-electron chi connectivity index (χ1n) is 6.97. The van der Waals surface area contributed by atoms with Crippen LogP contribution in [0.25, 0.3) is 6.08 Å². The molecule has 0 amide bonds. The number of ketones is 1. The summed E-state index contributed by atoms with van der Waals surface area (Å²) < 4.78 is 0. The van der Waals surface area contributed by atoms with E-state index in [9.17, 15) is 14.7 Å². The van der Waals surface area contributed by atoms with Gasteiger partial charge in [-0.15, -0.1) is 0 Å². The van der Waals surface area contributed by atoms with E-state index in [-0.39, 0.29) is 5.78 Å². The maximum absolute atomic E-state index is 11.7. The Kier molecular flexibility index (Phi) is 3.97. The number of benzene rings is 1. The van der Waals surface area contributed by atoms with Crippen molar-refractivity contribution >= 4 is 18.1 Å². The number of aliphatic hydroxyl groups is 1. The summed E-state index contributed by atoms with van der Waals surface area (Å²) in [5.74, 6) is 0.0314. The Morgan fingerprint density at radius 1 is 1.19 bits per heavy atom. The van der Waals surface area contributed by atoms with Crippen LogP contribution in [0, 0.1) is 5.41 Å². The van der Waals surface area contributed by atoms with Crippen molar-refractivity contribution in [2.24, 2.45) is 5.41 Å². The molecule has 0 spiro atoms. The lowest BCUT2D eigenvalue weighted by molar-refractivity contribution is -0.121. The van der Waals surface area contributed by atoms with Gasteiger partial charge in [0.25, 0.3) is 0 Å². The minimum atomic E-state index is -1.20. The maximum atomic E-state index is 11.7. The van der Waals surface area contributed by atoms with Crippen molar-refractivity contribution in [2.45, 2.75) is 32.8 Å². The van der Waals surface area contributed by atoms with Crippen molar-refractivity contribution in [2.75, 3.05) is 0 Å². The fraction of sp³-hybridized carbons (Fsp3) is 0.333. The van der Waals surface area contributed by atoms with Gasteiger partial charge in [-0.3, -0.25) is 9.59 Å². The van der Waals surface area contributed by atoms with Gasteiger partial charge in [0, 0.05) is 17.4 Å². The van der Waals surface area contributed by atoms with Crippen molar-refractivity contribution in [3.8, 4) is 0 Å². The molecule has 3 nitrogen and oxygen atoms in total. The highest BCUT2D eigenvalue weighted by molar-refractivity contribution is 5.93. The van der Waals surface area contributed by atoms with Gasteiger partial charge in [0.1, 0.15) is 5.60 Å². The van der Waals surface area contributed by atoms with Gasteiger partial charge < -0.3 is 5.11 Å². The highest BCUT2D eigenvalue weighted by atomic mass is 16.3. The summed E-state index contributed by atoms with van der Waals surface area (Å²) in [6.45, 7) is 5.50. The Morgan fingerprint density at radius 3 is 2.38 bits per heavy atom. The third kappa shape index (κ3) is 2.74. The predicted octanol–water partition coefficient (Wildman–Crippen LogP) is 3.19. The van der Waals surface area contributed by atoms with Gasteiger partial charge in [0.15, 0.2) is 12.1 Å². The minimum Gasteiger partial charge on any atom is -0.381 e. The van der Waals surface area contributed by atoms with E-state index in [1.165, 1.54) is 6.08 Å². The van der Waals surface area contributed by atoms with Crippen LogP contribution >= 0.6 is 0 Å². The van der Waals surface area contributed by atoms with Crippen LogP contribution in [0.4, 0.5) is 0 Å². The Labute approximate surface area is 125 Å². The summed E-state index contributed by atoms with van der Waals surface area (Å²) in [6.07, 6.45) is 6.02. The second kappa shape index (κ2) is 5.41. The van der Waals surface area contributed by atoms with E-state index < -0.39 is 11.0 Å². The Hall–Kier alpha value is -2.00. The highest BCUT2D eigenvalue weighted by Crippen LogP contribution is 2.44. The van der Waals surface area contributed by atoms with Crippen molar-refractivity contribution in [3.63, 3.8) is 0 Å². The predicted molar refractivity (Wildman–Crippen MR) is 83.0 cm³/mol. The number of rotatable bonds is 3. The van der Waals surface area contributed by atoms with Gasteiger partial charge in [-0.2, -0.15) is 0 Å². The first-order chi connectivity index (χ1) is 9.80. The molecule has 21 heavy (non-hydrogen) atoms. The normalized spacial score (nSPS) is 25.0. The van der Waals surface area contributed by atoms with Crippen LogP contribution in [0.1, 0.15) is 43.1 Å². The van der Waals surface area contributed by atoms with Gasteiger partial charge in [-0.25, -0.2) is 0 Å². The fourth-order valence-corrected chi connectivity index (χ4v) is 2.84. The molecule has 0 heterocycles. The number of carbonyl (C=O) groups is 2. The Morgan fingerprint density at radius 2 is 1.81 bits per heavy atom. The second-order valence-corrected chi connectivity index (χ2v) is 6.20. The Bertz CT molecular complexity index is 638. The van der Waals surface area contributed by atoms with E-state index in [2.05, 4.69) is 0 Å². The molecule has 0 fully saturated rings. The summed E-state index contributed by atoms with van der Waals surface area (Å²) in [6, 6.07) is 7.19. The molecule has 0 bridgehead atoms. The van der Waals surface area contributed by atoms with Crippen LogP contribution in [0.15, 0.2) is 42.0 Å². The SMILES string of the molecule is CC1=CC(=O)CC(C)(C)C1(O)C=Cc1ccccc1C=O. The summed E-state index contributed by atoms with van der Waals surface area (Å²) in [7, 11) is 0. The maximum Gasteiger partial charge on any atom is 0.156 e. The smallest absolute Gasteiger partial charge is 0.156 e. The zero-order chi connectivity index (χ0) is 15.7. The highest BCUT2D eigenvalue weighted by Gasteiger charge is 2.46. The van der Waals surface area contributed by atoms with Gasteiger partial charge >= 0.3 is 0 Å². The lowest BCUT2D eigenvalue weighted by Crippen LogP contribution is -2.47. The number of allylic oxidation sites excluding steroid dienone is 1. The minimum absolute atomic E-state index is 0.0314. The van der Waals surface area contributed by atoms with E-state index in [1.807, 2.05) is 26.0 Å². The summed E-state index contributed by atoms with van der Waals surface area (Å²) in [4.78, 5) is 22.7. The molecule has 0 saturated carbocycles. The molecule has 0 aromatic heterocycles. The topological polar surface area (TPSA) is 54.4 Å². The Balaban J connectivity index is 2.45. The molecular weight excluding hydrogens is 264 g/mol. The summed E-state index contributed by atoms with van der Waals surface area (Å²) in [5, 5.41) is 11.0. The van der Waals surface area contributed by atoms with Gasteiger partial charge in [0.05, 0.1) is 0 Å². The van der Waals surface area contributed by atoms with Crippen molar-refractivity contribution < 1.29 is 14.7 Å². The number of aldehydes is 1. The zero-order valence-corrected chi connectivity index (χ0v) is 12.6. The molecule has 1 aliphatic rings. The molecule has 1 N–H and O–H groups in total. The second-order valence-electron chi connectivity index (χ2n) is 6.20. The quantitative estimate of drug-likeness (QED) is 0.867. The average molecular weight is 284 g/mol. The molecule has 110 valence electrons. The monoisotopic (exact) mass is 284 g/mol. The lowest BCUT2D eigenvalue weighted by atomic mass is 9.64. The number of carbonyl (C=O) groups excluding carboxylic acids is 2.